The van der Waals surface area contributed by atoms with Gasteiger partial charge in [0.1, 0.15) is 0 Å². The highest BCUT2D eigenvalue weighted by Crippen LogP contribution is 2.15. The van der Waals surface area contributed by atoms with Crippen molar-refractivity contribution >= 4 is 0 Å². The lowest BCUT2D eigenvalue weighted by Crippen LogP contribution is -2.30. The van der Waals surface area contributed by atoms with Crippen molar-refractivity contribution < 1.29 is 5.11 Å². The first-order valence-corrected chi connectivity index (χ1v) is 3.22. The van der Waals surface area contributed by atoms with Gasteiger partial charge in [-0.25, -0.2) is 0 Å². The largest absolute Gasteiger partial charge is 0.393 e. The fourth-order valence-electron chi connectivity index (χ4n) is 1.20. The summed E-state index contributed by atoms with van der Waals surface area (Å²) < 4.78 is 0. The van der Waals surface area contributed by atoms with Crippen LogP contribution in [-0.4, -0.2) is 17.3 Å². The molecule has 0 aromatic heterocycles. The molecule has 0 amide bonds. The van der Waals surface area contributed by atoms with Crippen LogP contribution in [-0.2, 0) is 0 Å². The molecule has 0 radical (unpaired) electrons. The summed E-state index contributed by atoms with van der Waals surface area (Å²) in [6, 6.07) is 0.263. The normalized spacial score (nSPS) is 39.8. The van der Waals surface area contributed by atoms with Gasteiger partial charge in [0.25, 0.3) is 0 Å². The van der Waals surface area contributed by atoms with Crippen molar-refractivity contribution in [3.8, 4) is 0 Å². The van der Waals surface area contributed by atoms with Gasteiger partial charge in [-0.1, -0.05) is 0 Å². The van der Waals surface area contributed by atoms with E-state index in [4.69, 9.17) is 10.8 Å². The third-order valence-corrected chi connectivity index (χ3v) is 1.69. The number of hydrogen-bond donors (Lipinski definition) is 2. The van der Waals surface area contributed by atoms with Crippen LogP contribution >= 0.6 is 0 Å². The second-order valence-electron chi connectivity index (χ2n) is 2.58. The molecule has 0 heterocycles. The van der Waals surface area contributed by atoms with Gasteiger partial charge in [0.2, 0.25) is 0 Å². The Bertz CT molecular complexity index is 66.9. The SMILES string of the molecule is NC1CCC[C@H](O)C1. The number of hydrogen-bond acceptors (Lipinski definition) is 2. The molecule has 3 N–H and O–H groups in total. The highest BCUT2D eigenvalue weighted by atomic mass is 16.3. The molecule has 0 spiro atoms. The van der Waals surface area contributed by atoms with Crippen molar-refractivity contribution in [2.24, 2.45) is 5.73 Å². The average molecular weight is 115 g/mol. The minimum Gasteiger partial charge on any atom is -0.393 e. The lowest BCUT2D eigenvalue weighted by atomic mass is 9.94. The second kappa shape index (κ2) is 2.46. The molecule has 48 valence electrons. The zero-order valence-corrected chi connectivity index (χ0v) is 5.01. The highest BCUT2D eigenvalue weighted by molar-refractivity contribution is 4.73. The predicted molar refractivity (Wildman–Crippen MR) is 32.5 cm³/mol. The molecule has 0 aliphatic heterocycles. The lowest BCUT2D eigenvalue weighted by molar-refractivity contribution is 0.120. The van der Waals surface area contributed by atoms with Gasteiger partial charge >= 0.3 is 0 Å². The molecule has 1 rings (SSSR count). The Hall–Kier alpha value is -0.0800. The molecule has 8 heavy (non-hydrogen) atoms. The minimum atomic E-state index is -0.112. The van der Waals surface area contributed by atoms with Crippen LogP contribution in [0.4, 0.5) is 0 Å². The van der Waals surface area contributed by atoms with E-state index >= 15 is 0 Å². The molecule has 1 fully saturated rings. The molecule has 1 aliphatic carbocycles. The van der Waals surface area contributed by atoms with E-state index in [9.17, 15) is 0 Å². The molecule has 0 bridgehead atoms. The van der Waals surface area contributed by atoms with Gasteiger partial charge in [-0.2, -0.15) is 0 Å². The Kier molecular flexibility index (Phi) is 1.86. The number of aliphatic hydroxyl groups is 1. The Morgan fingerprint density at radius 2 is 2.12 bits per heavy atom. The molecule has 2 nitrogen and oxygen atoms in total. The Labute approximate surface area is 49.7 Å². The minimum absolute atomic E-state index is 0.112. The van der Waals surface area contributed by atoms with Crippen LogP contribution in [0, 0.1) is 0 Å². The topological polar surface area (TPSA) is 46.2 Å². The molecule has 0 aromatic carbocycles. The molecular formula is C6H13NO. The predicted octanol–water partition coefficient (Wildman–Crippen LogP) is 0.249. The fraction of sp³-hybridized carbons (Fsp3) is 1.00. The van der Waals surface area contributed by atoms with Gasteiger partial charge in [-0.05, 0) is 25.7 Å². The van der Waals surface area contributed by atoms with E-state index in [2.05, 4.69) is 0 Å². The van der Waals surface area contributed by atoms with Crippen LogP contribution < -0.4 is 5.73 Å². The van der Waals surface area contributed by atoms with E-state index in [-0.39, 0.29) is 12.1 Å². The summed E-state index contributed by atoms with van der Waals surface area (Å²) in [7, 11) is 0. The monoisotopic (exact) mass is 115 g/mol. The summed E-state index contributed by atoms with van der Waals surface area (Å²) in [5.74, 6) is 0. The van der Waals surface area contributed by atoms with Crippen LogP contribution in [0.2, 0.25) is 0 Å². The Morgan fingerprint density at radius 1 is 1.38 bits per heavy atom. The van der Waals surface area contributed by atoms with Gasteiger partial charge < -0.3 is 10.8 Å². The molecule has 1 saturated carbocycles. The molecular weight excluding hydrogens is 102 g/mol. The maximum atomic E-state index is 9.00. The quantitative estimate of drug-likeness (QED) is 0.475. The third-order valence-electron chi connectivity index (χ3n) is 1.69. The van der Waals surface area contributed by atoms with Crippen LogP contribution in [0.25, 0.3) is 0 Å². The number of rotatable bonds is 0. The van der Waals surface area contributed by atoms with Crippen molar-refractivity contribution in [1.29, 1.82) is 0 Å². The van der Waals surface area contributed by atoms with Gasteiger partial charge in [-0.15, -0.1) is 0 Å². The highest BCUT2D eigenvalue weighted by Gasteiger charge is 2.15. The van der Waals surface area contributed by atoms with Crippen molar-refractivity contribution in [1.82, 2.24) is 0 Å². The van der Waals surface area contributed by atoms with E-state index in [1.807, 2.05) is 0 Å². The average Bonchev–Trinajstić information content (AvgIpc) is 1.64. The van der Waals surface area contributed by atoms with Crippen molar-refractivity contribution in [3.63, 3.8) is 0 Å². The number of nitrogens with two attached hydrogens (primary N) is 1. The summed E-state index contributed by atoms with van der Waals surface area (Å²) in [4.78, 5) is 0. The second-order valence-corrected chi connectivity index (χ2v) is 2.58. The molecule has 0 saturated heterocycles. The van der Waals surface area contributed by atoms with E-state index < -0.39 is 0 Å². The van der Waals surface area contributed by atoms with E-state index in [0.29, 0.717) is 0 Å². The molecule has 1 aliphatic rings. The summed E-state index contributed by atoms with van der Waals surface area (Å²) in [6.45, 7) is 0. The maximum absolute atomic E-state index is 9.00. The van der Waals surface area contributed by atoms with Gasteiger partial charge in [0, 0.05) is 6.04 Å². The molecule has 2 heteroatoms. The van der Waals surface area contributed by atoms with E-state index in [1.165, 1.54) is 0 Å². The zero-order valence-electron chi connectivity index (χ0n) is 5.01. The van der Waals surface area contributed by atoms with Crippen molar-refractivity contribution in [3.05, 3.63) is 0 Å². The Balaban J connectivity index is 2.23. The van der Waals surface area contributed by atoms with E-state index in [0.717, 1.165) is 25.7 Å². The fourth-order valence-corrected chi connectivity index (χ4v) is 1.20. The first-order valence-electron chi connectivity index (χ1n) is 3.22. The van der Waals surface area contributed by atoms with Crippen LogP contribution in [0.1, 0.15) is 25.7 Å². The van der Waals surface area contributed by atoms with Crippen LogP contribution in [0.3, 0.4) is 0 Å². The van der Waals surface area contributed by atoms with Crippen molar-refractivity contribution in [2.45, 2.75) is 37.8 Å². The summed E-state index contributed by atoms with van der Waals surface area (Å²) in [6.07, 6.45) is 3.84. The molecule has 0 aromatic rings. The van der Waals surface area contributed by atoms with Crippen molar-refractivity contribution in [2.75, 3.05) is 0 Å². The number of aliphatic hydroxyl groups excluding tert-OH is 1. The third kappa shape index (κ3) is 1.46. The first-order chi connectivity index (χ1) is 3.79. The molecule has 1 unspecified atom stereocenters. The summed E-state index contributed by atoms with van der Waals surface area (Å²) in [5.41, 5.74) is 5.57. The maximum Gasteiger partial charge on any atom is 0.0555 e. The van der Waals surface area contributed by atoms with E-state index in [1.54, 1.807) is 0 Å². The zero-order chi connectivity index (χ0) is 5.98. The lowest BCUT2D eigenvalue weighted by Gasteiger charge is -2.21. The Morgan fingerprint density at radius 3 is 2.50 bits per heavy atom. The standard InChI is InChI=1S/C6H13NO/c7-5-2-1-3-6(8)4-5/h5-6,8H,1-4,7H2/t5?,6-/m0/s1. The summed E-state index contributed by atoms with van der Waals surface area (Å²) in [5, 5.41) is 9.00. The first kappa shape index (κ1) is 6.05. The van der Waals surface area contributed by atoms with Gasteiger partial charge in [0.05, 0.1) is 6.10 Å². The molecule has 2 atom stereocenters. The summed E-state index contributed by atoms with van der Waals surface area (Å²) >= 11 is 0. The smallest absolute Gasteiger partial charge is 0.0555 e. The van der Waals surface area contributed by atoms with Gasteiger partial charge in [0.15, 0.2) is 0 Å². The van der Waals surface area contributed by atoms with Crippen LogP contribution in [0.5, 0.6) is 0 Å². The van der Waals surface area contributed by atoms with Gasteiger partial charge in [-0.3, -0.25) is 0 Å². The van der Waals surface area contributed by atoms with Crippen LogP contribution in [0.15, 0.2) is 0 Å².